The number of nitrogens with zero attached hydrogens (tertiary/aromatic N) is 4. The van der Waals surface area contributed by atoms with E-state index in [0.29, 0.717) is 0 Å². The first kappa shape index (κ1) is 16.7. The maximum absolute atomic E-state index is 12.4. The van der Waals surface area contributed by atoms with Gasteiger partial charge in [-0.15, -0.1) is 0 Å². The normalized spacial score (nSPS) is 12.6. The number of pyridine rings is 1. The van der Waals surface area contributed by atoms with Crippen LogP contribution in [-0.2, 0) is 4.79 Å². The molecule has 1 amide bonds. The van der Waals surface area contributed by atoms with Crippen molar-refractivity contribution in [3.63, 3.8) is 0 Å². The van der Waals surface area contributed by atoms with Crippen LogP contribution in [0.5, 0.6) is 0 Å². The Bertz CT molecular complexity index is 953. The minimum absolute atomic E-state index is 0.175. The average molecular weight is 333 g/mol. The summed E-state index contributed by atoms with van der Waals surface area (Å²) in [7, 11) is 0. The standard InChI is InChI=1S/C19H19N5O/c1-13(18(25)22-19(2,3)12-20)14-6-7-17-15(9-14)11-24(23-17)16-5-4-8-21-10-16/h4-11,13H,1-3H3,(H,22,25). The van der Waals surface area contributed by atoms with Crippen LogP contribution in [0.2, 0.25) is 0 Å². The lowest BCUT2D eigenvalue weighted by Gasteiger charge is -2.20. The number of hydrogen-bond donors (Lipinski definition) is 1. The number of amides is 1. The van der Waals surface area contributed by atoms with Gasteiger partial charge in [0.25, 0.3) is 0 Å². The highest BCUT2D eigenvalue weighted by Crippen LogP contribution is 2.23. The summed E-state index contributed by atoms with van der Waals surface area (Å²) in [5, 5.41) is 17.3. The molecule has 0 fully saturated rings. The molecule has 3 aromatic rings. The van der Waals surface area contributed by atoms with Gasteiger partial charge in [0.1, 0.15) is 5.54 Å². The van der Waals surface area contributed by atoms with Crippen molar-refractivity contribution < 1.29 is 4.79 Å². The molecule has 1 atom stereocenters. The summed E-state index contributed by atoms with van der Waals surface area (Å²) in [5.74, 6) is -0.538. The van der Waals surface area contributed by atoms with Gasteiger partial charge in [-0.05, 0) is 50.6 Å². The molecule has 0 saturated heterocycles. The summed E-state index contributed by atoms with van der Waals surface area (Å²) in [6.07, 6.45) is 5.38. The van der Waals surface area contributed by atoms with Gasteiger partial charge in [-0.2, -0.15) is 10.4 Å². The Morgan fingerprint density at radius 1 is 1.36 bits per heavy atom. The molecule has 1 aromatic carbocycles. The summed E-state index contributed by atoms with van der Waals surface area (Å²) >= 11 is 0. The van der Waals surface area contributed by atoms with Gasteiger partial charge in [0.05, 0.1) is 29.4 Å². The van der Waals surface area contributed by atoms with Crippen molar-refractivity contribution in [3.05, 3.63) is 54.5 Å². The first-order chi connectivity index (χ1) is 11.9. The molecule has 6 nitrogen and oxygen atoms in total. The lowest BCUT2D eigenvalue weighted by molar-refractivity contribution is -0.123. The van der Waals surface area contributed by atoms with Crippen LogP contribution in [0.25, 0.3) is 16.6 Å². The highest BCUT2D eigenvalue weighted by atomic mass is 16.2. The third-order valence-electron chi connectivity index (χ3n) is 4.05. The van der Waals surface area contributed by atoms with E-state index in [4.69, 9.17) is 5.26 Å². The fourth-order valence-corrected chi connectivity index (χ4v) is 2.53. The van der Waals surface area contributed by atoms with Gasteiger partial charge in [-0.1, -0.05) is 6.07 Å². The fourth-order valence-electron chi connectivity index (χ4n) is 2.53. The molecule has 25 heavy (non-hydrogen) atoms. The van der Waals surface area contributed by atoms with Crippen LogP contribution in [0.4, 0.5) is 0 Å². The maximum Gasteiger partial charge on any atom is 0.228 e. The Morgan fingerprint density at radius 3 is 2.84 bits per heavy atom. The highest BCUT2D eigenvalue weighted by Gasteiger charge is 2.24. The van der Waals surface area contributed by atoms with E-state index >= 15 is 0 Å². The molecule has 6 heteroatoms. The van der Waals surface area contributed by atoms with Gasteiger partial charge in [0, 0.05) is 17.8 Å². The molecule has 1 N–H and O–H groups in total. The summed E-state index contributed by atoms with van der Waals surface area (Å²) in [5.41, 5.74) is 1.71. The number of hydrogen-bond acceptors (Lipinski definition) is 4. The molecule has 2 aromatic heterocycles. The van der Waals surface area contributed by atoms with E-state index in [0.717, 1.165) is 22.2 Å². The molecule has 3 rings (SSSR count). The molecule has 0 bridgehead atoms. The van der Waals surface area contributed by atoms with Crippen molar-refractivity contribution in [3.8, 4) is 11.8 Å². The van der Waals surface area contributed by atoms with E-state index < -0.39 is 5.54 Å². The second kappa shape index (κ2) is 6.36. The van der Waals surface area contributed by atoms with Crippen LogP contribution in [0.1, 0.15) is 32.3 Å². The predicted molar refractivity (Wildman–Crippen MR) is 95.1 cm³/mol. The van der Waals surface area contributed by atoms with Crippen LogP contribution in [-0.4, -0.2) is 26.2 Å². The fraction of sp³-hybridized carbons (Fsp3) is 0.263. The van der Waals surface area contributed by atoms with Gasteiger partial charge in [-0.25, -0.2) is 4.68 Å². The summed E-state index contributed by atoms with van der Waals surface area (Å²) in [4.78, 5) is 16.5. The lowest BCUT2D eigenvalue weighted by Crippen LogP contribution is -2.43. The van der Waals surface area contributed by atoms with Crippen LogP contribution in [0.15, 0.2) is 48.9 Å². The van der Waals surface area contributed by atoms with E-state index in [1.54, 1.807) is 30.9 Å². The van der Waals surface area contributed by atoms with Gasteiger partial charge in [0.15, 0.2) is 0 Å². The zero-order valence-corrected chi connectivity index (χ0v) is 14.4. The molecular formula is C19H19N5O. The van der Waals surface area contributed by atoms with E-state index in [9.17, 15) is 4.79 Å². The maximum atomic E-state index is 12.4. The van der Waals surface area contributed by atoms with Crippen molar-refractivity contribution in [1.82, 2.24) is 20.1 Å². The Kier molecular flexibility index (Phi) is 4.24. The van der Waals surface area contributed by atoms with Crippen LogP contribution in [0, 0.1) is 11.3 Å². The molecule has 126 valence electrons. The summed E-state index contributed by atoms with van der Waals surface area (Å²) in [6.45, 7) is 5.19. The topological polar surface area (TPSA) is 83.6 Å². The number of carbonyl (C=O) groups is 1. The van der Waals surface area contributed by atoms with Crippen LogP contribution in [0.3, 0.4) is 0 Å². The average Bonchev–Trinajstić information content (AvgIpc) is 3.04. The lowest BCUT2D eigenvalue weighted by atomic mass is 9.97. The van der Waals surface area contributed by atoms with E-state index in [1.165, 1.54) is 0 Å². The molecular weight excluding hydrogens is 314 g/mol. The van der Waals surface area contributed by atoms with E-state index in [-0.39, 0.29) is 11.8 Å². The Hall–Kier alpha value is -3.20. The molecule has 0 saturated carbocycles. The first-order valence-corrected chi connectivity index (χ1v) is 8.02. The van der Waals surface area contributed by atoms with Crippen molar-refractivity contribution in [2.75, 3.05) is 0 Å². The van der Waals surface area contributed by atoms with Crippen LogP contribution >= 0.6 is 0 Å². The van der Waals surface area contributed by atoms with E-state index in [2.05, 4.69) is 21.5 Å². The minimum atomic E-state index is -0.888. The summed E-state index contributed by atoms with van der Waals surface area (Å²) in [6, 6.07) is 11.6. The molecule has 0 spiro atoms. The number of nitriles is 1. The quantitative estimate of drug-likeness (QED) is 0.795. The van der Waals surface area contributed by atoms with Crippen LogP contribution < -0.4 is 5.32 Å². The van der Waals surface area contributed by atoms with Crippen molar-refractivity contribution >= 4 is 16.8 Å². The number of aromatic nitrogens is 3. The molecule has 1 unspecified atom stereocenters. The monoisotopic (exact) mass is 333 g/mol. The number of carbonyl (C=O) groups excluding carboxylic acids is 1. The van der Waals surface area contributed by atoms with Gasteiger partial charge in [0.2, 0.25) is 5.91 Å². The van der Waals surface area contributed by atoms with Gasteiger partial charge >= 0.3 is 0 Å². The zero-order chi connectivity index (χ0) is 18.0. The van der Waals surface area contributed by atoms with Crippen molar-refractivity contribution in [1.29, 1.82) is 5.26 Å². The molecule has 0 aliphatic carbocycles. The minimum Gasteiger partial charge on any atom is -0.338 e. The second-order valence-electron chi connectivity index (χ2n) is 6.55. The number of fused-ring (bicyclic) bond motifs is 1. The van der Waals surface area contributed by atoms with Crippen molar-refractivity contribution in [2.45, 2.75) is 32.2 Å². The highest BCUT2D eigenvalue weighted by molar-refractivity contribution is 5.86. The smallest absolute Gasteiger partial charge is 0.228 e. The molecule has 0 aliphatic heterocycles. The summed E-state index contributed by atoms with van der Waals surface area (Å²) < 4.78 is 1.77. The van der Waals surface area contributed by atoms with E-state index in [1.807, 2.05) is 43.5 Å². The Morgan fingerprint density at radius 2 is 2.16 bits per heavy atom. The van der Waals surface area contributed by atoms with Gasteiger partial charge in [-0.3, -0.25) is 9.78 Å². The Balaban J connectivity index is 1.88. The first-order valence-electron chi connectivity index (χ1n) is 8.02. The number of benzene rings is 1. The molecule has 0 aliphatic rings. The third kappa shape index (κ3) is 3.50. The third-order valence-corrected chi connectivity index (χ3v) is 4.05. The Labute approximate surface area is 146 Å². The second-order valence-corrected chi connectivity index (χ2v) is 6.55. The zero-order valence-electron chi connectivity index (χ0n) is 14.4. The molecule has 0 radical (unpaired) electrons. The molecule has 2 heterocycles. The van der Waals surface area contributed by atoms with Gasteiger partial charge < -0.3 is 5.32 Å². The number of nitrogens with one attached hydrogen (secondary N) is 1. The predicted octanol–water partition coefficient (Wildman–Crippen LogP) is 2.94. The van der Waals surface area contributed by atoms with Crippen molar-refractivity contribution in [2.24, 2.45) is 0 Å². The number of rotatable bonds is 4. The SMILES string of the molecule is CC(C(=O)NC(C)(C)C#N)c1ccc2nn(-c3cccnc3)cc2c1. The largest absolute Gasteiger partial charge is 0.338 e.